The molecule has 0 saturated heterocycles. The van der Waals surface area contributed by atoms with Crippen molar-refractivity contribution in [1.82, 2.24) is 4.98 Å². The fraction of sp³-hybridized carbons (Fsp3) is 0.250. The topological polar surface area (TPSA) is 30.0 Å². The van der Waals surface area contributed by atoms with Crippen molar-refractivity contribution in [1.29, 1.82) is 0 Å². The van der Waals surface area contributed by atoms with Gasteiger partial charge in [0.1, 0.15) is 5.15 Å². The fourth-order valence-electron chi connectivity index (χ4n) is 0.892. The highest BCUT2D eigenvalue weighted by Gasteiger charge is 2.06. The maximum absolute atomic E-state index is 11.1. The molecule has 1 heterocycles. The molecule has 0 unspecified atom stereocenters. The summed E-state index contributed by atoms with van der Waals surface area (Å²) in [5.41, 5.74) is 1.50. The van der Waals surface area contributed by atoms with Crippen LogP contribution >= 0.6 is 27.5 Å². The fourth-order valence-corrected chi connectivity index (χ4v) is 1.50. The number of nitrogens with zero attached hydrogens (tertiary/aromatic N) is 1. The van der Waals surface area contributed by atoms with Crippen LogP contribution in [-0.2, 0) is 5.33 Å². The zero-order valence-electron chi connectivity index (χ0n) is 6.47. The summed E-state index contributed by atoms with van der Waals surface area (Å²) in [6.07, 6.45) is 1.60. The number of ketones is 1. The van der Waals surface area contributed by atoms with E-state index in [1.165, 1.54) is 6.92 Å². The molecule has 0 aliphatic rings. The van der Waals surface area contributed by atoms with E-state index in [1.807, 2.05) is 0 Å². The van der Waals surface area contributed by atoms with Crippen LogP contribution in [0.5, 0.6) is 0 Å². The number of pyridine rings is 1. The Labute approximate surface area is 84.1 Å². The molecule has 1 aromatic heterocycles. The zero-order valence-corrected chi connectivity index (χ0v) is 8.82. The Morgan fingerprint density at radius 2 is 2.42 bits per heavy atom. The molecule has 0 amide bonds. The van der Waals surface area contributed by atoms with Gasteiger partial charge in [0.05, 0.1) is 0 Å². The first-order valence-electron chi connectivity index (χ1n) is 3.36. The van der Waals surface area contributed by atoms with Gasteiger partial charge in [-0.15, -0.1) is 0 Å². The Bertz CT molecular complexity index is 314. The molecular weight excluding hydrogens is 241 g/mol. The molecule has 0 aliphatic heterocycles. The van der Waals surface area contributed by atoms with E-state index in [-0.39, 0.29) is 5.78 Å². The zero-order chi connectivity index (χ0) is 9.14. The molecule has 0 radical (unpaired) electrons. The predicted octanol–water partition coefficient (Wildman–Crippen LogP) is 2.83. The van der Waals surface area contributed by atoms with Gasteiger partial charge < -0.3 is 0 Å². The largest absolute Gasteiger partial charge is 0.294 e. The second-order valence-corrected chi connectivity index (χ2v) is 3.30. The van der Waals surface area contributed by atoms with Gasteiger partial charge in [0.25, 0.3) is 0 Å². The number of rotatable bonds is 2. The van der Waals surface area contributed by atoms with E-state index in [4.69, 9.17) is 11.6 Å². The van der Waals surface area contributed by atoms with E-state index < -0.39 is 0 Å². The molecular formula is C8H7BrClNO. The molecule has 12 heavy (non-hydrogen) atoms. The van der Waals surface area contributed by atoms with Crippen molar-refractivity contribution in [3.05, 3.63) is 28.5 Å². The van der Waals surface area contributed by atoms with Crippen LogP contribution in [0.4, 0.5) is 0 Å². The van der Waals surface area contributed by atoms with Crippen LogP contribution in [0, 0.1) is 0 Å². The van der Waals surface area contributed by atoms with Crippen molar-refractivity contribution in [2.75, 3.05) is 0 Å². The highest BCUT2D eigenvalue weighted by Crippen LogP contribution is 2.16. The first-order valence-corrected chi connectivity index (χ1v) is 4.86. The Kier molecular flexibility index (Phi) is 3.23. The third-order valence-corrected chi connectivity index (χ3v) is 2.29. The number of Topliss-reactive ketones (excluding diaryl/α,β-unsaturated/α-hetero) is 1. The summed E-state index contributed by atoms with van der Waals surface area (Å²) < 4.78 is 0. The molecule has 1 rings (SSSR count). The van der Waals surface area contributed by atoms with Gasteiger partial charge in [0, 0.05) is 17.1 Å². The average Bonchev–Trinajstić information content (AvgIpc) is 2.04. The second kappa shape index (κ2) is 4.01. The Morgan fingerprint density at radius 1 is 1.75 bits per heavy atom. The number of halogens is 2. The van der Waals surface area contributed by atoms with Crippen LogP contribution in [-0.4, -0.2) is 10.8 Å². The van der Waals surface area contributed by atoms with Crippen LogP contribution in [0.3, 0.4) is 0 Å². The van der Waals surface area contributed by atoms with E-state index in [1.54, 1.807) is 12.3 Å². The highest BCUT2D eigenvalue weighted by molar-refractivity contribution is 9.08. The third-order valence-electron chi connectivity index (χ3n) is 1.48. The number of alkyl halides is 1. The minimum Gasteiger partial charge on any atom is -0.294 e. The molecule has 0 atom stereocenters. The van der Waals surface area contributed by atoms with E-state index in [2.05, 4.69) is 20.9 Å². The normalized spacial score (nSPS) is 9.92. The number of hydrogen-bond donors (Lipinski definition) is 0. The minimum atomic E-state index is 0.00810. The summed E-state index contributed by atoms with van der Waals surface area (Å²) >= 11 is 8.91. The maximum atomic E-state index is 11.1. The Morgan fingerprint density at radius 3 is 2.92 bits per heavy atom. The Balaban J connectivity index is 3.21. The lowest BCUT2D eigenvalue weighted by Gasteiger charge is -2.02. The van der Waals surface area contributed by atoms with E-state index in [9.17, 15) is 4.79 Å². The van der Waals surface area contributed by atoms with Crippen molar-refractivity contribution in [2.24, 2.45) is 0 Å². The lowest BCUT2D eigenvalue weighted by atomic mass is 10.1. The highest BCUT2D eigenvalue weighted by atomic mass is 79.9. The molecule has 0 bridgehead atoms. The van der Waals surface area contributed by atoms with Crippen molar-refractivity contribution >= 4 is 33.3 Å². The second-order valence-electron chi connectivity index (χ2n) is 2.35. The summed E-state index contributed by atoms with van der Waals surface area (Å²) in [4.78, 5) is 14.9. The summed E-state index contributed by atoms with van der Waals surface area (Å²) in [6.45, 7) is 1.51. The van der Waals surface area contributed by atoms with E-state index in [0.29, 0.717) is 16.0 Å². The number of carbonyl (C=O) groups excluding carboxylic acids is 1. The average molecular weight is 249 g/mol. The van der Waals surface area contributed by atoms with Gasteiger partial charge in [-0.3, -0.25) is 4.79 Å². The van der Waals surface area contributed by atoms with E-state index >= 15 is 0 Å². The van der Waals surface area contributed by atoms with Crippen molar-refractivity contribution in [3.8, 4) is 0 Å². The lowest BCUT2D eigenvalue weighted by Crippen LogP contribution is -1.98. The summed E-state index contributed by atoms with van der Waals surface area (Å²) in [6, 6.07) is 1.58. The molecule has 0 aromatic carbocycles. The minimum absolute atomic E-state index is 0.00810. The first kappa shape index (κ1) is 9.68. The molecule has 0 N–H and O–H groups in total. The van der Waals surface area contributed by atoms with Crippen LogP contribution < -0.4 is 0 Å². The van der Waals surface area contributed by atoms with Crippen LogP contribution in [0.2, 0.25) is 5.15 Å². The van der Waals surface area contributed by atoms with Gasteiger partial charge in [0.15, 0.2) is 5.78 Å². The van der Waals surface area contributed by atoms with Gasteiger partial charge in [-0.25, -0.2) is 4.98 Å². The Hall–Kier alpha value is -0.410. The van der Waals surface area contributed by atoms with Crippen molar-refractivity contribution in [2.45, 2.75) is 12.3 Å². The maximum Gasteiger partial charge on any atom is 0.160 e. The van der Waals surface area contributed by atoms with E-state index in [0.717, 1.165) is 5.56 Å². The smallest absolute Gasteiger partial charge is 0.160 e. The predicted molar refractivity (Wildman–Crippen MR) is 51.9 cm³/mol. The van der Waals surface area contributed by atoms with Crippen LogP contribution in [0.25, 0.3) is 0 Å². The van der Waals surface area contributed by atoms with Gasteiger partial charge in [-0.2, -0.15) is 0 Å². The van der Waals surface area contributed by atoms with Gasteiger partial charge in [-0.05, 0) is 18.6 Å². The molecule has 2 nitrogen and oxygen atoms in total. The molecule has 0 spiro atoms. The quantitative estimate of drug-likeness (QED) is 0.458. The van der Waals surface area contributed by atoms with Crippen molar-refractivity contribution < 1.29 is 4.79 Å². The monoisotopic (exact) mass is 247 g/mol. The summed E-state index contributed by atoms with van der Waals surface area (Å²) in [7, 11) is 0. The molecule has 64 valence electrons. The molecule has 4 heteroatoms. The molecule has 1 aromatic rings. The van der Waals surface area contributed by atoms with Crippen LogP contribution in [0.15, 0.2) is 12.3 Å². The molecule has 0 fully saturated rings. The number of carbonyl (C=O) groups is 1. The lowest BCUT2D eigenvalue weighted by molar-refractivity contribution is 0.101. The van der Waals surface area contributed by atoms with Gasteiger partial charge >= 0.3 is 0 Å². The third kappa shape index (κ3) is 2.05. The molecule has 0 saturated carbocycles. The number of hydrogen-bond acceptors (Lipinski definition) is 2. The SMILES string of the molecule is CC(=O)c1cc(Cl)ncc1CBr. The van der Waals surface area contributed by atoms with Crippen LogP contribution in [0.1, 0.15) is 22.8 Å². The van der Waals surface area contributed by atoms with Crippen molar-refractivity contribution in [3.63, 3.8) is 0 Å². The standard InChI is InChI=1S/C8H7BrClNO/c1-5(12)7-2-8(10)11-4-6(7)3-9/h2,4H,3H2,1H3. The summed E-state index contributed by atoms with van der Waals surface area (Å²) in [5.74, 6) is 0.00810. The van der Waals surface area contributed by atoms with Gasteiger partial charge in [0.2, 0.25) is 0 Å². The molecule has 0 aliphatic carbocycles. The summed E-state index contributed by atoms with van der Waals surface area (Å²) in [5, 5.41) is 0.969. The number of aromatic nitrogens is 1. The van der Waals surface area contributed by atoms with Gasteiger partial charge in [-0.1, -0.05) is 27.5 Å². The first-order chi connectivity index (χ1) is 5.65.